The number of amides is 1. The first-order valence-corrected chi connectivity index (χ1v) is 8.14. The van der Waals surface area contributed by atoms with Gasteiger partial charge in [0.2, 0.25) is 0 Å². The molecule has 0 bridgehead atoms. The zero-order valence-electron chi connectivity index (χ0n) is 14.0. The molecule has 1 aromatic carbocycles. The highest BCUT2D eigenvalue weighted by molar-refractivity contribution is 5.99. The van der Waals surface area contributed by atoms with Crippen LogP contribution in [0.2, 0.25) is 0 Å². The van der Waals surface area contributed by atoms with E-state index < -0.39 is 0 Å². The fourth-order valence-electron chi connectivity index (χ4n) is 3.24. The third-order valence-corrected chi connectivity index (χ3v) is 4.49. The van der Waals surface area contributed by atoms with E-state index in [4.69, 9.17) is 4.74 Å². The number of carbonyl (C=O) groups excluding carboxylic acids is 2. The molecule has 3 heterocycles. The second kappa shape index (κ2) is 5.73. The van der Waals surface area contributed by atoms with Crippen molar-refractivity contribution in [2.24, 2.45) is 0 Å². The first kappa shape index (κ1) is 15.4. The van der Waals surface area contributed by atoms with E-state index in [-0.39, 0.29) is 12.5 Å². The smallest absolute Gasteiger partial charge is 0.265 e. The van der Waals surface area contributed by atoms with Crippen molar-refractivity contribution < 1.29 is 14.3 Å². The molecule has 1 aliphatic heterocycles. The topological polar surface area (TPSA) is 63.9 Å². The molecule has 0 radical (unpaired) electrons. The van der Waals surface area contributed by atoms with Gasteiger partial charge in [-0.1, -0.05) is 6.07 Å². The molecule has 3 aromatic rings. The Morgan fingerprint density at radius 3 is 2.92 bits per heavy atom. The Hall–Kier alpha value is -3.15. The number of likely N-dealkylation sites (N-methyl/N-ethyl adjacent to an activating group) is 1. The van der Waals surface area contributed by atoms with E-state index in [9.17, 15) is 9.59 Å². The highest BCUT2D eigenvalue weighted by Gasteiger charge is 2.25. The van der Waals surface area contributed by atoms with Crippen LogP contribution in [-0.4, -0.2) is 34.7 Å². The third kappa shape index (κ3) is 2.29. The quantitative estimate of drug-likeness (QED) is 0.691. The van der Waals surface area contributed by atoms with Gasteiger partial charge in [-0.05, 0) is 43.7 Å². The standard InChI is InChI=1S/C19H17N3O3/c1-3-21-14-9-13(6-7-16(14)25-11-17(21)24)18-15(10-23)22-8-4-5-12(2)19(22)20-18/h4-10H,3,11H2,1-2H3. The van der Waals surface area contributed by atoms with Gasteiger partial charge in [-0.25, -0.2) is 4.98 Å². The number of aromatic nitrogens is 2. The molecule has 0 aliphatic carbocycles. The molecule has 0 atom stereocenters. The average Bonchev–Trinajstić information content (AvgIpc) is 3.01. The van der Waals surface area contributed by atoms with E-state index >= 15 is 0 Å². The molecule has 1 aliphatic rings. The van der Waals surface area contributed by atoms with Crippen molar-refractivity contribution in [1.82, 2.24) is 9.38 Å². The fourth-order valence-corrected chi connectivity index (χ4v) is 3.24. The maximum atomic E-state index is 12.1. The number of pyridine rings is 1. The summed E-state index contributed by atoms with van der Waals surface area (Å²) in [5.74, 6) is 0.589. The summed E-state index contributed by atoms with van der Waals surface area (Å²) in [4.78, 5) is 30.1. The monoisotopic (exact) mass is 335 g/mol. The fraction of sp³-hybridized carbons (Fsp3) is 0.211. The SMILES string of the molecule is CCN1C(=O)COc2ccc(-c3nc4c(C)cccn4c3C=O)cc21. The largest absolute Gasteiger partial charge is 0.482 e. The van der Waals surface area contributed by atoms with E-state index in [0.717, 1.165) is 23.1 Å². The summed E-state index contributed by atoms with van der Waals surface area (Å²) in [6.45, 7) is 4.49. The van der Waals surface area contributed by atoms with Crippen LogP contribution in [0.1, 0.15) is 23.0 Å². The van der Waals surface area contributed by atoms with Crippen molar-refractivity contribution >= 4 is 23.5 Å². The number of hydrogen-bond acceptors (Lipinski definition) is 4. The van der Waals surface area contributed by atoms with Crippen molar-refractivity contribution in [3.05, 3.63) is 47.8 Å². The lowest BCUT2D eigenvalue weighted by Crippen LogP contribution is -2.38. The van der Waals surface area contributed by atoms with E-state index in [1.54, 1.807) is 9.30 Å². The Labute approximate surface area is 144 Å². The van der Waals surface area contributed by atoms with Gasteiger partial charge in [-0.2, -0.15) is 0 Å². The average molecular weight is 335 g/mol. The number of aldehydes is 1. The number of fused-ring (bicyclic) bond motifs is 2. The summed E-state index contributed by atoms with van der Waals surface area (Å²) in [5, 5.41) is 0. The normalized spacial score (nSPS) is 13.7. The van der Waals surface area contributed by atoms with Crippen LogP contribution < -0.4 is 9.64 Å². The summed E-state index contributed by atoms with van der Waals surface area (Å²) in [7, 11) is 0. The van der Waals surface area contributed by atoms with Crippen LogP contribution in [0.25, 0.3) is 16.9 Å². The summed E-state index contributed by atoms with van der Waals surface area (Å²) in [5.41, 5.74) is 4.31. The molecule has 4 rings (SSSR count). The zero-order chi connectivity index (χ0) is 17.6. The number of aryl methyl sites for hydroxylation is 1. The Morgan fingerprint density at radius 2 is 2.16 bits per heavy atom. The molecule has 126 valence electrons. The number of hydrogen-bond donors (Lipinski definition) is 0. The van der Waals surface area contributed by atoms with Gasteiger partial charge in [0.05, 0.1) is 5.69 Å². The van der Waals surface area contributed by atoms with Gasteiger partial charge in [0.1, 0.15) is 22.8 Å². The number of carbonyl (C=O) groups is 2. The number of ether oxygens (including phenoxy) is 1. The summed E-state index contributed by atoms with van der Waals surface area (Å²) in [6, 6.07) is 9.40. The second-order valence-electron chi connectivity index (χ2n) is 5.96. The van der Waals surface area contributed by atoms with Crippen LogP contribution in [0.5, 0.6) is 5.75 Å². The van der Waals surface area contributed by atoms with Gasteiger partial charge < -0.3 is 9.64 Å². The van der Waals surface area contributed by atoms with Gasteiger partial charge in [-0.15, -0.1) is 0 Å². The van der Waals surface area contributed by atoms with E-state index in [1.165, 1.54) is 0 Å². The Kier molecular flexibility index (Phi) is 3.53. The first-order chi connectivity index (χ1) is 12.1. The Morgan fingerprint density at radius 1 is 1.32 bits per heavy atom. The van der Waals surface area contributed by atoms with Gasteiger partial charge in [0.15, 0.2) is 12.9 Å². The lowest BCUT2D eigenvalue weighted by atomic mass is 10.1. The van der Waals surface area contributed by atoms with Crippen molar-refractivity contribution in [3.8, 4) is 17.0 Å². The van der Waals surface area contributed by atoms with E-state index in [2.05, 4.69) is 4.98 Å². The van der Waals surface area contributed by atoms with Crippen LogP contribution in [0.3, 0.4) is 0 Å². The highest BCUT2D eigenvalue weighted by Crippen LogP contribution is 2.36. The number of rotatable bonds is 3. The molecule has 6 heteroatoms. The molecule has 25 heavy (non-hydrogen) atoms. The van der Waals surface area contributed by atoms with E-state index in [1.807, 2.05) is 50.4 Å². The summed E-state index contributed by atoms with van der Waals surface area (Å²) >= 11 is 0. The first-order valence-electron chi connectivity index (χ1n) is 8.14. The minimum absolute atomic E-state index is 0.0489. The molecule has 1 amide bonds. The molecule has 6 nitrogen and oxygen atoms in total. The van der Waals surface area contributed by atoms with Crippen molar-refractivity contribution in [3.63, 3.8) is 0 Å². The van der Waals surface area contributed by atoms with Crippen molar-refractivity contribution in [2.75, 3.05) is 18.1 Å². The zero-order valence-corrected chi connectivity index (χ0v) is 14.0. The third-order valence-electron chi connectivity index (χ3n) is 4.49. The molecule has 0 saturated carbocycles. The Balaban J connectivity index is 1.93. The predicted molar refractivity (Wildman–Crippen MR) is 94.3 cm³/mol. The minimum atomic E-state index is -0.0754. The van der Waals surface area contributed by atoms with Crippen LogP contribution >= 0.6 is 0 Å². The molecule has 0 unspecified atom stereocenters. The maximum Gasteiger partial charge on any atom is 0.265 e. The Bertz CT molecular complexity index is 1010. The van der Waals surface area contributed by atoms with Gasteiger partial charge in [0, 0.05) is 18.3 Å². The lowest BCUT2D eigenvalue weighted by molar-refractivity contribution is -0.121. The molecule has 0 saturated heterocycles. The summed E-state index contributed by atoms with van der Waals surface area (Å²) < 4.78 is 7.29. The van der Waals surface area contributed by atoms with Crippen LogP contribution in [0, 0.1) is 6.92 Å². The highest BCUT2D eigenvalue weighted by atomic mass is 16.5. The second-order valence-corrected chi connectivity index (χ2v) is 5.96. The lowest BCUT2D eigenvalue weighted by Gasteiger charge is -2.28. The molecule has 0 spiro atoms. The molecular weight excluding hydrogens is 318 g/mol. The van der Waals surface area contributed by atoms with E-state index in [0.29, 0.717) is 29.4 Å². The van der Waals surface area contributed by atoms with Crippen LogP contribution in [0.15, 0.2) is 36.5 Å². The number of benzene rings is 1. The number of anilines is 1. The van der Waals surface area contributed by atoms with Gasteiger partial charge in [0.25, 0.3) is 5.91 Å². The molecular formula is C19H17N3O3. The molecule has 0 fully saturated rings. The van der Waals surface area contributed by atoms with Gasteiger partial charge in [-0.3, -0.25) is 14.0 Å². The summed E-state index contributed by atoms with van der Waals surface area (Å²) in [6.07, 6.45) is 2.64. The minimum Gasteiger partial charge on any atom is -0.482 e. The predicted octanol–water partition coefficient (Wildman–Crippen LogP) is 2.87. The van der Waals surface area contributed by atoms with Gasteiger partial charge >= 0.3 is 0 Å². The molecule has 0 N–H and O–H groups in total. The van der Waals surface area contributed by atoms with Crippen molar-refractivity contribution in [2.45, 2.75) is 13.8 Å². The number of nitrogens with zero attached hydrogens (tertiary/aromatic N) is 3. The van der Waals surface area contributed by atoms with Crippen LogP contribution in [-0.2, 0) is 4.79 Å². The number of imidazole rings is 1. The maximum absolute atomic E-state index is 12.1. The molecule has 2 aromatic heterocycles. The van der Waals surface area contributed by atoms with Crippen molar-refractivity contribution in [1.29, 1.82) is 0 Å². The van der Waals surface area contributed by atoms with Crippen LogP contribution in [0.4, 0.5) is 5.69 Å².